The first-order chi connectivity index (χ1) is 9.16. The number of halogens is 1. The molecule has 0 radical (unpaired) electrons. The van der Waals surface area contributed by atoms with E-state index in [4.69, 9.17) is 11.6 Å². The molecule has 0 amide bonds. The summed E-state index contributed by atoms with van der Waals surface area (Å²) < 4.78 is 0. The molecule has 0 aliphatic heterocycles. The Kier molecular flexibility index (Phi) is 4.30. The monoisotopic (exact) mass is 277 g/mol. The SMILES string of the molecule is O=[N+]([O-])c1cnc(Cl)cc1NCCc1ccccc1. The van der Waals surface area contributed by atoms with Crippen LogP contribution in [0, 0.1) is 10.1 Å². The van der Waals surface area contributed by atoms with Gasteiger partial charge in [-0.2, -0.15) is 0 Å². The van der Waals surface area contributed by atoms with Gasteiger partial charge in [-0.1, -0.05) is 41.9 Å². The summed E-state index contributed by atoms with van der Waals surface area (Å²) in [5.74, 6) is 0. The van der Waals surface area contributed by atoms with E-state index in [1.165, 1.54) is 6.07 Å². The van der Waals surface area contributed by atoms with Gasteiger partial charge < -0.3 is 5.32 Å². The molecule has 0 bridgehead atoms. The highest BCUT2D eigenvalue weighted by Crippen LogP contribution is 2.25. The van der Waals surface area contributed by atoms with Crippen LogP contribution in [0.5, 0.6) is 0 Å². The Morgan fingerprint density at radius 2 is 2.05 bits per heavy atom. The first-order valence-electron chi connectivity index (χ1n) is 5.74. The van der Waals surface area contributed by atoms with Gasteiger partial charge in [0.15, 0.2) is 0 Å². The van der Waals surface area contributed by atoms with Gasteiger partial charge in [-0.15, -0.1) is 0 Å². The third-order valence-corrected chi connectivity index (χ3v) is 2.82. The maximum atomic E-state index is 10.8. The van der Waals surface area contributed by atoms with Crippen LogP contribution in [0.2, 0.25) is 5.15 Å². The van der Waals surface area contributed by atoms with Crippen LogP contribution in [-0.2, 0) is 6.42 Å². The summed E-state index contributed by atoms with van der Waals surface area (Å²) in [6.45, 7) is 0.588. The summed E-state index contributed by atoms with van der Waals surface area (Å²) in [5, 5.41) is 14.1. The first kappa shape index (κ1) is 13.3. The van der Waals surface area contributed by atoms with Gasteiger partial charge in [0, 0.05) is 12.6 Å². The fraction of sp³-hybridized carbons (Fsp3) is 0.154. The molecule has 0 unspecified atom stereocenters. The van der Waals surface area contributed by atoms with Gasteiger partial charge in [-0.3, -0.25) is 10.1 Å². The van der Waals surface area contributed by atoms with Crippen molar-refractivity contribution in [1.29, 1.82) is 0 Å². The zero-order chi connectivity index (χ0) is 13.7. The van der Waals surface area contributed by atoms with Gasteiger partial charge in [-0.25, -0.2) is 4.98 Å². The van der Waals surface area contributed by atoms with E-state index in [0.717, 1.165) is 18.2 Å². The Labute approximate surface area is 115 Å². The normalized spacial score (nSPS) is 10.2. The second-order valence-electron chi connectivity index (χ2n) is 3.94. The number of nitro groups is 1. The topological polar surface area (TPSA) is 68.1 Å². The molecular formula is C13H12ClN3O2. The molecule has 0 atom stereocenters. The summed E-state index contributed by atoms with van der Waals surface area (Å²) >= 11 is 5.74. The Bertz CT molecular complexity index is 575. The maximum absolute atomic E-state index is 10.8. The molecule has 2 aromatic rings. The fourth-order valence-corrected chi connectivity index (χ4v) is 1.85. The van der Waals surface area contributed by atoms with Crippen molar-refractivity contribution >= 4 is 23.0 Å². The molecule has 1 aromatic carbocycles. The summed E-state index contributed by atoms with van der Waals surface area (Å²) in [7, 11) is 0. The highest BCUT2D eigenvalue weighted by atomic mass is 35.5. The summed E-state index contributed by atoms with van der Waals surface area (Å²) in [6.07, 6.45) is 1.94. The van der Waals surface area contributed by atoms with Gasteiger partial charge in [0.25, 0.3) is 0 Å². The molecule has 0 saturated carbocycles. The first-order valence-corrected chi connectivity index (χ1v) is 6.12. The predicted octanol–water partition coefficient (Wildman–Crippen LogP) is 3.30. The van der Waals surface area contributed by atoms with Crippen LogP contribution in [0.1, 0.15) is 5.56 Å². The standard InChI is InChI=1S/C13H12ClN3O2/c14-13-8-11(12(9-16-13)17(18)19)15-7-6-10-4-2-1-3-5-10/h1-5,8-9H,6-7H2,(H,15,16). The Hall–Kier alpha value is -2.14. The van der Waals surface area contributed by atoms with E-state index in [1.807, 2.05) is 30.3 Å². The zero-order valence-corrected chi connectivity index (χ0v) is 10.8. The molecule has 5 nitrogen and oxygen atoms in total. The van der Waals surface area contributed by atoms with Crippen LogP contribution >= 0.6 is 11.6 Å². The molecule has 1 heterocycles. The third kappa shape index (κ3) is 3.66. The van der Waals surface area contributed by atoms with Gasteiger partial charge in [-0.05, 0) is 12.0 Å². The molecule has 1 N–H and O–H groups in total. The van der Waals surface area contributed by atoms with E-state index in [9.17, 15) is 10.1 Å². The number of hydrogen-bond donors (Lipinski definition) is 1. The molecule has 19 heavy (non-hydrogen) atoms. The van der Waals surface area contributed by atoms with E-state index in [0.29, 0.717) is 12.2 Å². The molecular weight excluding hydrogens is 266 g/mol. The lowest BCUT2D eigenvalue weighted by molar-refractivity contribution is -0.384. The van der Waals surface area contributed by atoms with Crippen molar-refractivity contribution in [3.05, 3.63) is 63.4 Å². The molecule has 0 spiro atoms. The van der Waals surface area contributed by atoms with Crippen LogP contribution in [-0.4, -0.2) is 16.5 Å². The van der Waals surface area contributed by atoms with Crippen molar-refractivity contribution in [2.75, 3.05) is 11.9 Å². The van der Waals surface area contributed by atoms with E-state index < -0.39 is 4.92 Å². The summed E-state index contributed by atoms with van der Waals surface area (Å²) in [4.78, 5) is 14.1. The van der Waals surface area contributed by atoms with Crippen molar-refractivity contribution < 1.29 is 4.92 Å². The van der Waals surface area contributed by atoms with Crippen LogP contribution in [0.25, 0.3) is 0 Å². The molecule has 98 valence electrons. The van der Waals surface area contributed by atoms with Crippen LogP contribution in [0.3, 0.4) is 0 Å². The predicted molar refractivity (Wildman–Crippen MR) is 74.5 cm³/mol. The van der Waals surface area contributed by atoms with E-state index in [-0.39, 0.29) is 10.8 Å². The van der Waals surface area contributed by atoms with Crippen LogP contribution < -0.4 is 5.32 Å². The quantitative estimate of drug-likeness (QED) is 0.517. The highest BCUT2D eigenvalue weighted by Gasteiger charge is 2.14. The number of nitrogens with one attached hydrogen (secondary N) is 1. The Morgan fingerprint density at radius 1 is 1.32 bits per heavy atom. The van der Waals surface area contributed by atoms with E-state index in [1.54, 1.807) is 0 Å². The average Bonchev–Trinajstić information content (AvgIpc) is 2.39. The lowest BCUT2D eigenvalue weighted by atomic mass is 10.1. The summed E-state index contributed by atoms with van der Waals surface area (Å²) in [6, 6.07) is 11.3. The Morgan fingerprint density at radius 3 is 2.74 bits per heavy atom. The van der Waals surface area contributed by atoms with Crippen molar-refractivity contribution in [2.24, 2.45) is 0 Å². The number of benzene rings is 1. The zero-order valence-electron chi connectivity index (χ0n) is 10.0. The number of pyridine rings is 1. The number of aromatic nitrogens is 1. The molecule has 0 fully saturated rings. The van der Waals surface area contributed by atoms with Crippen molar-refractivity contribution in [3.8, 4) is 0 Å². The molecule has 0 aliphatic carbocycles. The van der Waals surface area contributed by atoms with Crippen molar-refractivity contribution in [3.63, 3.8) is 0 Å². The lowest BCUT2D eigenvalue weighted by Crippen LogP contribution is -2.07. The maximum Gasteiger partial charge on any atom is 0.310 e. The van der Waals surface area contributed by atoms with Gasteiger partial charge >= 0.3 is 5.69 Å². The third-order valence-electron chi connectivity index (χ3n) is 2.62. The minimum Gasteiger partial charge on any atom is -0.379 e. The Balaban J connectivity index is 2.03. The summed E-state index contributed by atoms with van der Waals surface area (Å²) in [5.41, 5.74) is 1.48. The second kappa shape index (κ2) is 6.15. The minimum atomic E-state index is -0.478. The van der Waals surface area contributed by atoms with E-state index in [2.05, 4.69) is 10.3 Å². The molecule has 0 saturated heterocycles. The smallest absolute Gasteiger partial charge is 0.310 e. The molecule has 1 aromatic heterocycles. The van der Waals surface area contributed by atoms with Gasteiger partial charge in [0.2, 0.25) is 0 Å². The number of hydrogen-bond acceptors (Lipinski definition) is 4. The number of rotatable bonds is 5. The van der Waals surface area contributed by atoms with E-state index >= 15 is 0 Å². The van der Waals surface area contributed by atoms with Gasteiger partial charge in [0.1, 0.15) is 17.0 Å². The van der Waals surface area contributed by atoms with Crippen molar-refractivity contribution in [2.45, 2.75) is 6.42 Å². The molecule has 0 aliphatic rings. The number of nitrogens with zero attached hydrogens (tertiary/aromatic N) is 2. The lowest BCUT2D eigenvalue weighted by Gasteiger charge is -2.07. The van der Waals surface area contributed by atoms with Crippen LogP contribution in [0.15, 0.2) is 42.6 Å². The van der Waals surface area contributed by atoms with Crippen molar-refractivity contribution in [1.82, 2.24) is 4.98 Å². The molecule has 6 heteroatoms. The second-order valence-corrected chi connectivity index (χ2v) is 4.33. The number of anilines is 1. The highest BCUT2D eigenvalue weighted by molar-refractivity contribution is 6.29. The molecule has 2 rings (SSSR count). The van der Waals surface area contributed by atoms with Gasteiger partial charge in [0.05, 0.1) is 4.92 Å². The fourth-order valence-electron chi connectivity index (χ4n) is 1.70. The largest absolute Gasteiger partial charge is 0.379 e. The average molecular weight is 278 g/mol. The van der Waals surface area contributed by atoms with Crippen LogP contribution in [0.4, 0.5) is 11.4 Å². The minimum absolute atomic E-state index is 0.0718.